The lowest BCUT2D eigenvalue weighted by Crippen LogP contribution is -2.45. The first kappa shape index (κ1) is 16.0. The highest BCUT2D eigenvalue weighted by Gasteiger charge is 2.36. The van der Waals surface area contributed by atoms with Crippen molar-refractivity contribution in [2.75, 3.05) is 24.5 Å². The molecule has 25 heavy (non-hydrogen) atoms. The maximum atomic E-state index is 13.2. The van der Waals surface area contributed by atoms with Crippen LogP contribution in [0, 0.1) is 5.92 Å². The van der Waals surface area contributed by atoms with Crippen molar-refractivity contribution < 1.29 is 4.79 Å². The molecule has 2 saturated heterocycles. The molecule has 6 nitrogen and oxygen atoms in total. The number of likely N-dealkylation sites (tertiary alicyclic amines) is 1. The van der Waals surface area contributed by atoms with Gasteiger partial charge >= 0.3 is 0 Å². The number of rotatable bonds is 3. The summed E-state index contributed by atoms with van der Waals surface area (Å²) in [6.07, 6.45) is 9.30. The molecule has 2 aliphatic heterocycles. The zero-order valence-corrected chi connectivity index (χ0v) is 14.3. The number of aromatic nitrogens is 3. The number of piperidine rings is 1. The van der Waals surface area contributed by atoms with E-state index < -0.39 is 0 Å². The van der Waals surface area contributed by atoms with Gasteiger partial charge in [-0.25, -0.2) is 9.97 Å². The second-order valence-electron chi connectivity index (χ2n) is 6.78. The highest BCUT2D eigenvalue weighted by Crippen LogP contribution is 2.33. The van der Waals surface area contributed by atoms with Gasteiger partial charge in [0.2, 0.25) is 11.9 Å². The lowest BCUT2D eigenvalue weighted by Gasteiger charge is -2.35. The van der Waals surface area contributed by atoms with Gasteiger partial charge in [0.05, 0.1) is 17.7 Å². The van der Waals surface area contributed by atoms with Crippen LogP contribution in [0.3, 0.4) is 0 Å². The molecular formula is C19H23N5O. The summed E-state index contributed by atoms with van der Waals surface area (Å²) in [5.41, 5.74) is 1.01. The van der Waals surface area contributed by atoms with E-state index in [9.17, 15) is 4.79 Å². The topological polar surface area (TPSA) is 62.2 Å². The number of carbonyl (C=O) groups excluding carboxylic acids is 1. The predicted molar refractivity (Wildman–Crippen MR) is 94.9 cm³/mol. The number of carbonyl (C=O) groups is 1. The van der Waals surface area contributed by atoms with E-state index >= 15 is 0 Å². The molecule has 0 radical (unpaired) electrons. The first-order valence-corrected chi connectivity index (χ1v) is 9.06. The van der Waals surface area contributed by atoms with Crippen LogP contribution in [0.1, 0.15) is 37.4 Å². The van der Waals surface area contributed by atoms with Crippen molar-refractivity contribution in [1.29, 1.82) is 0 Å². The van der Waals surface area contributed by atoms with Gasteiger partial charge in [0.25, 0.3) is 0 Å². The van der Waals surface area contributed by atoms with Crippen molar-refractivity contribution >= 4 is 11.9 Å². The molecule has 4 rings (SSSR count). The van der Waals surface area contributed by atoms with Crippen LogP contribution in [0.25, 0.3) is 0 Å². The summed E-state index contributed by atoms with van der Waals surface area (Å²) < 4.78 is 0. The van der Waals surface area contributed by atoms with Crippen LogP contribution in [0.15, 0.2) is 42.9 Å². The molecule has 4 heterocycles. The van der Waals surface area contributed by atoms with Crippen LogP contribution in [-0.2, 0) is 4.79 Å². The molecule has 130 valence electrons. The second-order valence-corrected chi connectivity index (χ2v) is 6.78. The van der Waals surface area contributed by atoms with Crippen molar-refractivity contribution in [1.82, 2.24) is 19.9 Å². The van der Waals surface area contributed by atoms with Crippen LogP contribution >= 0.6 is 0 Å². The van der Waals surface area contributed by atoms with E-state index in [0.29, 0.717) is 6.54 Å². The van der Waals surface area contributed by atoms with Crippen LogP contribution in [0.5, 0.6) is 0 Å². The summed E-state index contributed by atoms with van der Waals surface area (Å²) in [6, 6.07) is 7.89. The standard InChI is InChI=1S/C19H23N5O/c25-18(24-13-4-8-17(24)16-7-1-2-9-20-16)15-6-3-12-23(14-15)19-21-10-5-11-22-19/h1-2,5,7,9-11,15,17H,3-4,6,8,12-14H2/t15-,17-/m0/s1. The second kappa shape index (κ2) is 7.17. The van der Waals surface area contributed by atoms with Gasteiger partial charge in [-0.3, -0.25) is 9.78 Å². The molecule has 2 fully saturated rings. The van der Waals surface area contributed by atoms with Gasteiger partial charge in [0.15, 0.2) is 0 Å². The highest BCUT2D eigenvalue weighted by atomic mass is 16.2. The molecule has 0 aromatic carbocycles. The summed E-state index contributed by atoms with van der Waals surface area (Å²) in [7, 11) is 0. The number of anilines is 1. The van der Waals surface area contributed by atoms with E-state index in [1.165, 1.54) is 0 Å². The molecule has 0 spiro atoms. The molecule has 2 aromatic rings. The monoisotopic (exact) mass is 337 g/mol. The summed E-state index contributed by atoms with van der Waals surface area (Å²) in [4.78, 5) is 30.5. The predicted octanol–water partition coefficient (Wildman–Crippen LogP) is 2.45. The molecule has 0 N–H and O–H groups in total. The normalized spacial score (nSPS) is 23.7. The Morgan fingerprint density at radius 2 is 1.76 bits per heavy atom. The number of pyridine rings is 1. The zero-order valence-electron chi connectivity index (χ0n) is 14.3. The Hall–Kier alpha value is -2.50. The first-order chi connectivity index (χ1) is 12.3. The largest absolute Gasteiger partial charge is 0.340 e. The molecule has 6 heteroatoms. The molecule has 1 amide bonds. The Labute approximate surface area is 147 Å². The fourth-order valence-corrected chi connectivity index (χ4v) is 3.96. The zero-order chi connectivity index (χ0) is 17.1. The van der Waals surface area contributed by atoms with E-state index in [1.54, 1.807) is 12.4 Å². The van der Waals surface area contributed by atoms with Crippen LogP contribution in [0.4, 0.5) is 5.95 Å². The molecule has 2 aliphatic rings. The smallest absolute Gasteiger partial charge is 0.228 e. The highest BCUT2D eigenvalue weighted by molar-refractivity contribution is 5.80. The molecule has 0 saturated carbocycles. The molecule has 0 aliphatic carbocycles. The Morgan fingerprint density at radius 1 is 0.960 bits per heavy atom. The number of hydrogen-bond acceptors (Lipinski definition) is 5. The van der Waals surface area contributed by atoms with Gasteiger partial charge in [0, 0.05) is 38.2 Å². The minimum Gasteiger partial charge on any atom is -0.340 e. The Balaban J connectivity index is 1.48. The molecule has 2 atom stereocenters. The van der Waals surface area contributed by atoms with Gasteiger partial charge in [-0.2, -0.15) is 0 Å². The fourth-order valence-electron chi connectivity index (χ4n) is 3.96. The summed E-state index contributed by atoms with van der Waals surface area (Å²) >= 11 is 0. The maximum Gasteiger partial charge on any atom is 0.228 e. The quantitative estimate of drug-likeness (QED) is 0.861. The third kappa shape index (κ3) is 3.34. The summed E-state index contributed by atoms with van der Waals surface area (Å²) in [6.45, 7) is 2.45. The SMILES string of the molecule is O=C([C@H]1CCCN(c2ncccn2)C1)N1CCC[C@H]1c1ccccn1. The minimum atomic E-state index is 0.0156. The van der Waals surface area contributed by atoms with Crippen LogP contribution < -0.4 is 4.90 Å². The van der Waals surface area contributed by atoms with E-state index in [4.69, 9.17) is 0 Å². The number of hydrogen-bond donors (Lipinski definition) is 0. The lowest BCUT2D eigenvalue weighted by atomic mass is 9.96. The minimum absolute atomic E-state index is 0.0156. The van der Waals surface area contributed by atoms with E-state index in [1.807, 2.05) is 35.4 Å². The summed E-state index contributed by atoms with van der Waals surface area (Å²) in [5.74, 6) is 0.998. The van der Waals surface area contributed by atoms with Gasteiger partial charge in [-0.1, -0.05) is 6.07 Å². The van der Waals surface area contributed by atoms with Crippen molar-refractivity contribution in [2.24, 2.45) is 5.92 Å². The Morgan fingerprint density at radius 3 is 2.56 bits per heavy atom. The van der Waals surface area contributed by atoms with Crippen LogP contribution in [0.2, 0.25) is 0 Å². The van der Waals surface area contributed by atoms with E-state index in [2.05, 4.69) is 19.9 Å². The van der Waals surface area contributed by atoms with Gasteiger partial charge in [-0.15, -0.1) is 0 Å². The average Bonchev–Trinajstić information content (AvgIpc) is 3.19. The van der Waals surface area contributed by atoms with Crippen molar-refractivity contribution in [3.63, 3.8) is 0 Å². The third-order valence-electron chi connectivity index (χ3n) is 5.17. The molecular weight excluding hydrogens is 314 g/mol. The van der Waals surface area contributed by atoms with Gasteiger partial charge < -0.3 is 9.80 Å². The van der Waals surface area contributed by atoms with Crippen molar-refractivity contribution in [2.45, 2.75) is 31.7 Å². The lowest BCUT2D eigenvalue weighted by molar-refractivity contribution is -0.136. The van der Waals surface area contributed by atoms with Crippen molar-refractivity contribution in [3.05, 3.63) is 48.5 Å². The van der Waals surface area contributed by atoms with E-state index in [-0.39, 0.29) is 17.9 Å². The fraction of sp³-hybridized carbons (Fsp3) is 0.474. The Kier molecular flexibility index (Phi) is 4.59. The van der Waals surface area contributed by atoms with Crippen LogP contribution in [-0.4, -0.2) is 45.4 Å². The average molecular weight is 337 g/mol. The summed E-state index contributed by atoms with van der Waals surface area (Å²) in [5, 5.41) is 0. The maximum absolute atomic E-state index is 13.2. The van der Waals surface area contributed by atoms with Crippen molar-refractivity contribution in [3.8, 4) is 0 Å². The molecule has 2 aromatic heterocycles. The number of amides is 1. The van der Waals surface area contributed by atoms with Gasteiger partial charge in [-0.05, 0) is 43.9 Å². The first-order valence-electron chi connectivity index (χ1n) is 9.06. The molecule has 0 unspecified atom stereocenters. The van der Waals surface area contributed by atoms with Gasteiger partial charge in [0.1, 0.15) is 0 Å². The molecule has 0 bridgehead atoms. The Bertz CT molecular complexity index is 708. The third-order valence-corrected chi connectivity index (χ3v) is 5.17. The van der Waals surface area contributed by atoms with E-state index in [0.717, 1.165) is 50.4 Å². The number of nitrogens with zero attached hydrogens (tertiary/aromatic N) is 5.